The molecule has 0 aromatic heterocycles. The number of allylic oxidation sites excluding steroid dienone is 2. The molecule has 1 aliphatic heterocycles. The van der Waals surface area contributed by atoms with Crippen LogP contribution in [0.15, 0.2) is 72.8 Å². The van der Waals surface area contributed by atoms with Crippen molar-refractivity contribution in [1.82, 2.24) is 0 Å². The van der Waals surface area contributed by atoms with Gasteiger partial charge >= 0.3 is 0 Å². The lowest BCUT2D eigenvalue weighted by Crippen LogP contribution is -2.40. The third-order valence-electron chi connectivity index (χ3n) is 4.41. The van der Waals surface area contributed by atoms with Crippen molar-refractivity contribution < 1.29 is 4.74 Å². The number of anilines is 1. The van der Waals surface area contributed by atoms with E-state index in [0.29, 0.717) is 0 Å². The molecule has 0 fully saturated rings. The first kappa shape index (κ1) is 13.9. The van der Waals surface area contributed by atoms with E-state index < -0.39 is 0 Å². The van der Waals surface area contributed by atoms with Crippen LogP contribution in [0, 0.1) is 0 Å². The molecule has 0 amide bonds. The van der Waals surface area contributed by atoms with E-state index in [-0.39, 0.29) is 12.1 Å². The average Bonchev–Trinajstić information content (AvgIpc) is 2.59. The third-order valence-corrected chi connectivity index (χ3v) is 4.41. The van der Waals surface area contributed by atoms with E-state index in [1.165, 1.54) is 11.1 Å². The first-order valence-electron chi connectivity index (χ1n) is 7.90. The Morgan fingerprint density at radius 3 is 2.91 bits per heavy atom. The zero-order chi connectivity index (χ0) is 15.8. The summed E-state index contributed by atoms with van der Waals surface area (Å²) in [5.74, 6) is 0.905. The Labute approximate surface area is 136 Å². The van der Waals surface area contributed by atoms with Gasteiger partial charge < -0.3 is 10.1 Å². The molecule has 1 N–H and O–H groups in total. The monoisotopic (exact) mass is 301 g/mol. The number of hydrogen-bond acceptors (Lipinski definition) is 2. The minimum Gasteiger partial charge on any atom is -0.482 e. The summed E-state index contributed by atoms with van der Waals surface area (Å²) in [6.07, 6.45) is 8.42. The summed E-state index contributed by atoms with van der Waals surface area (Å²) in [6, 6.07) is 14.8. The lowest BCUT2D eigenvalue weighted by Gasteiger charge is -2.34. The number of nitrogens with one attached hydrogen (secondary N) is 1. The van der Waals surface area contributed by atoms with Gasteiger partial charge in [-0.3, -0.25) is 0 Å². The molecule has 0 saturated carbocycles. The predicted octanol–water partition coefficient (Wildman–Crippen LogP) is 5.05. The molecule has 2 heteroatoms. The third kappa shape index (κ3) is 2.46. The molecule has 4 rings (SSSR count). The van der Waals surface area contributed by atoms with E-state index in [4.69, 9.17) is 4.74 Å². The maximum atomic E-state index is 6.23. The fraction of sp³-hybridized carbons (Fsp3) is 0.143. The van der Waals surface area contributed by atoms with Crippen molar-refractivity contribution in [1.29, 1.82) is 0 Å². The fourth-order valence-electron chi connectivity index (χ4n) is 3.19. The van der Waals surface area contributed by atoms with Gasteiger partial charge in [0, 0.05) is 0 Å². The summed E-state index contributed by atoms with van der Waals surface area (Å²) in [5.41, 5.74) is 5.73. The molecule has 0 bridgehead atoms. The first-order chi connectivity index (χ1) is 11.2. The van der Waals surface area contributed by atoms with Crippen LogP contribution in [0.5, 0.6) is 5.75 Å². The maximum Gasteiger partial charge on any atom is 0.144 e. The van der Waals surface area contributed by atoms with Gasteiger partial charge in [-0.2, -0.15) is 0 Å². The molecule has 1 unspecified atom stereocenters. The Morgan fingerprint density at radius 1 is 1.17 bits per heavy atom. The van der Waals surface area contributed by atoms with E-state index in [0.717, 1.165) is 22.6 Å². The average molecular weight is 301 g/mol. The van der Waals surface area contributed by atoms with Gasteiger partial charge in [-0.25, -0.2) is 0 Å². The SMILES string of the molecule is C=Cc1ccccc1-c1ccc2c(c1)OC1C=C(C)C=C[C@H]1N2. The van der Waals surface area contributed by atoms with E-state index in [1.54, 1.807) is 0 Å². The van der Waals surface area contributed by atoms with Crippen LogP contribution in [0.4, 0.5) is 5.69 Å². The predicted molar refractivity (Wildman–Crippen MR) is 96.7 cm³/mol. The molecule has 2 aliphatic rings. The molecule has 1 heterocycles. The van der Waals surface area contributed by atoms with Gasteiger partial charge in [-0.1, -0.05) is 60.7 Å². The summed E-state index contributed by atoms with van der Waals surface area (Å²) in [5, 5.41) is 3.55. The van der Waals surface area contributed by atoms with E-state index in [2.05, 4.69) is 73.4 Å². The second-order valence-electron chi connectivity index (χ2n) is 6.02. The van der Waals surface area contributed by atoms with E-state index in [1.807, 2.05) is 12.1 Å². The number of fused-ring (bicyclic) bond motifs is 2. The highest BCUT2D eigenvalue weighted by atomic mass is 16.5. The first-order valence-corrected chi connectivity index (χ1v) is 7.90. The molecule has 0 saturated heterocycles. The van der Waals surface area contributed by atoms with Gasteiger partial charge in [0.25, 0.3) is 0 Å². The van der Waals surface area contributed by atoms with Gasteiger partial charge in [-0.05, 0) is 41.8 Å². The minimum absolute atomic E-state index is 0.0531. The van der Waals surface area contributed by atoms with Crippen LogP contribution < -0.4 is 10.1 Å². The van der Waals surface area contributed by atoms with Crippen molar-refractivity contribution >= 4 is 11.8 Å². The summed E-state index contributed by atoms with van der Waals surface area (Å²) in [6.45, 7) is 6.01. The minimum atomic E-state index is 0.0531. The second-order valence-corrected chi connectivity index (χ2v) is 6.02. The van der Waals surface area contributed by atoms with Crippen molar-refractivity contribution in [3.8, 4) is 16.9 Å². The summed E-state index contributed by atoms with van der Waals surface area (Å²) < 4.78 is 6.23. The zero-order valence-electron chi connectivity index (χ0n) is 13.1. The van der Waals surface area contributed by atoms with Gasteiger partial charge in [0.1, 0.15) is 11.9 Å². The number of rotatable bonds is 2. The second kappa shape index (κ2) is 5.47. The van der Waals surface area contributed by atoms with Crippen LogP contribution in [-0.4, -0.2) is 12.1 Å². The topological polar surface area (TPSA) is 21.3 Å². The van der Waals surface area contributed by atoms with Crippen LogP contribution in [0.3, 0.4) is 0 Å². The quantitative estimate of drug-likeness (QED) is 0.837. The van der Waals surface area contributed by atoms with Gasteiger partial charge in [0.15, 0.2) is 0 Å². The van der Waals surface area contributed by atoms with Gasteiger partial charge in [0.05, 0.1) is 11.7 Å². The van der Waals surface area contributed by atoms with Crippen molar-refractivity contribution in [2.45, 2.75) is 19.1 Å². The molecule has 23 heavy (non-hydrogen) atoms. The maximum absolute atomic E-state index is 6.23. The Hall–Kier alpha value is -2.74. The highest BCUT2D eigenvalue weighted by molar-refractivity contribution is 5.78. The van der Waals surface area contributed by atoms with E-state index >= 15 is 0 Å². The molecule has 0 spiro atoms. The molecule has 2 nitrogen and oxygen atoms in total. The number of ether oxygens (including phenoxy) is 1. The molecule has 2 aromatic carbocycles. The van der Waals surface area contributed by atoms with Crippen molar-refractivity contribution in [3.63, 3.8) is 0 Å². The van der Waals surface area contributed by atoms with Gasteiger partial charge in [0.2, 0.25) is 0 Å². The van der Waals surface area contributed by atoms with Crippen LogP contribution in [0.25, 0.3) is 17.2 Å². The Kier molecular flexibility index (Phi) is 3.30. The molecular weight excluding hydrogens is 282 g/mol. The van der Waals surface area contributed by atoms with Crippen molar-refractivity contribution in [2.75, 3.05) is 5.32 Å². The van der Waals surface area contributed by atoms with Crippen LogP contribution in [-0.2, 0) is 0 Å². The standard InChI is InChI=1S/C21H19NO/c1-3-15-6-4-5-7-17(15)16-9-11-19-21(13-16)23-20-12-14(2)8-10-18(20)22-19/h3-13,18,20,22H,1H2,2H3/t18-,20?/m1/s1. The lowest BCUT2D eigenvalue weighted by molar-refractivity contribution is 0.228. The molecular formula is C21H19NO. The number of benzene rings is 2. The smallest absolute Gasteiger partial charge is 0.144 e. The zero-order valence-corrected chi connectivity index (χ0v) is 13.1. The summed E-state index contributed by atoms with van der Waals surface area (Å²) in [7, 11) is 0. The molecule has 114 valence electrons. The molecule has 2 aromatic rings. The fourth-order valence-corrected chi connectivity index (χ4v) is 3.19. The highest BCUT2D eigenvalue weighted by Gasteiger charge is 2.28. The number of hydrogen-bond donors (Lipinski definition) is 1. The van der Waals surface area contributed by atoms with Gasteiger partial charge in [-0.15, -0.1) is 0 Å². The normalized spacial score (nSPS) is 21.3. The summed E-state index contributed by atoms with van der Waals surface area (Å²) >= 11 is 0. The van der Waals surface area contributed by atoms with Crippen molar-refractivity contribution in [3.05, 3.63) is 78.4 Å². The Balaban J connectivity index is 1.74. The van der Waals surface area contributed by atoms with E-state index in [9.17, 15) is 0 Å². The Bertz CT molecular complexity index is 831. The van der Waals surface area contributed by atoms with Crippen LogP contribution in [0.2, 0.25) is 0 Å². The lowest BCUT2D eigenvalue weighted by atomic mass is 9.96. The molecule has 2 atom stereocenters. The largest absolute Gasteiger partial charge is 0.482 e. The summed E-state index contributed by atoms with van der Waals surface area (Å²) in [4.78, 5) is 0. The van der Waals surface area contributed by atoms with Crippen LogP contribution >= 0.6 is 0 Å². The van der Waals surface area contributed by atoms with Crippen LogP contribution in [0.1, 0.15) is 12.5 Å². The van der Waals surface area contributed by atoms with Crippen molar-refractivity contribution in [2.24, 2.45) is 0 Å². The Morgan fingerprint density at radius 2 is 2.04 bits per heavy atom. The molecule has 0 radical (unpaired) electrons. The molecule has 1 aliphatic carbocycles. The highest BCUT2D eigenvalue weighted by Crippen LogP contribution is 2.38.